The number of carbonyl (C=O) groups is 2. The highest BCUT2D eigenvalue weighted by molar-refractivity contribution is 5.76. The molecule has 1 aliphatic rings. The lowest BCUT2D eigenvalue weighted by Crippen LogP contribution is -2.49. The van der Waals surface area contributed by atoms with E-state index in [9.17, 15) is 9.59 Å². The molecule has 8 heteroatoms. The fourth-order valence-corrected chi connectivity index (χ4v) is 2.54. The minimum Gasteiger partial charge on any atom is -0.481 e. The quantitative estimate of drug-likeness (QED) is 0.742. The molecule has 2 unspecified atom stereocenters. The molecule has 2 atom stereocenters. The lowest BCUT2D eigenvalue weighted by atomic mass is 9.84. The van der Waals surface area contributed by atoms with Gasteiger partial charge in [0.1, 0.15) is 0 Å². The van der Waals surface area contributed by atoms with E-state index in [2.05, 4.69) is 20.8 Å². The fourth-order valence-electron chi connectivity index (χ4n) is 2.54. The van der Waals surface area contributed by atoms with Crippen LogP contribution in [0.15, 0.2) is 4.52 Å². The van der Waals surface area contributed by atoms with Gasteiger partial charge in [-0.15, -0.1) is 0 Å². The van der Waals surface area contributed by atoms with Crippen LogP contribution in [0.25, 0.3) is 0 Å². The number of aliphatic carboxylic acids is 1. The number of hydrogen-bond donors (Lipinski definition) is 3. The Kier molecular flexibility index (Phi) is 5.13. The summed E-state index contributed by atoms with van der Waals surface area (Å²) in [6.45, 7) is 2.08. The molecule has 21 heavy (non-hydrogen) atoms. The molecule has 0 aliphatic heterocycles. The van der Waals surface area contributed by atoms with Crippen molar-refractivity contribution < 1.29 is 19.2 Å². The highest BCUT2D eigenvalue weighted by Gasteiger charge is 2.31. The summed E-state index contributed by atoms with van der Waals surface area (Å²) in [4.78, 5) is 27.0. The molecule has 8 nitrogen and oxygen atoms in total. The number of carbonyl (C=O) groups excluding carboxylic acids is 1. The van der Waals surface area contributed by atoms with Crippen molar-refractivity contribution in [2.24, 2.45) is 5.92 Å². The monoisotopic (exact) mass is 296 g/mol. The van der Waals surface area contributed by atoms with Gasteiger partial charge in [0, 0.05) is 19.0 Å². The number of carboxylic acid groups (broad SMARTS) is 1. The molecule has 1 fully saturated rings. The van der Waals surface area contributed by atoms with Crippen molar-refractivity contribution in [3.05, 3.63) is 11.7 Å². The van der Waals surface area contributed by atoms with Gasteiger partial charge in [0.25, 0.3) is 0 Å². The van der Waals surface area contributed by atoms with Gasteiger partial charge >= 0.3 is 12.0 Å². The first-order valence-corrected chi connectivity index (χ1v) is 7.12. The first kappa shape index (κ1) is 15.3. The van der Waals surface area contributed by atoms with E-state index in [-0.39, 0.29) is 12.1 Å². The Morgan fingerprint density at radius 1 is 1.38 bits per heavy atom. The van der Waals surface area contributed by atoms with Crippen LogP contribution in [0.2, 0.25) is 0 Å². The standard InChI is InChI=1S/C13H20N4O4/c1-8-15-11(21-17-8)6-7-14-13(20)16-10-5-3-2-4-9(10)12(18)19/h9-10H,2-7H2,1H3,(H,18,19)(H2,14,16,20). The molecular weight excluding hydrogens is 276 g/mol. The maximum Gasteiger partial charge on any atom is 0.315 e. The molecule has 2 rings (SSSR count). The number of aromatic nitrogens is 2. The smallest absolute Gasteiger partial charge is 0.315 e. The van der Waals surface area contributed by atoms with Crippen LogP contribution in [0.3, 0.4) is 0 Å². The average molecular weight is 296 g/mol. The summed E-state index contributed by atoms with van der Waals surface area (Å²) in [5, 5.41) is 18.2. The summed E-state index contributed by atoms with van der Waals surface area (Å²) < 4.78 is 4.93. The summed E-state index contributed by atoms with van der Waals surface area (Å²) in [6, 6.07) is -0.661. The predicted octanol–water partition coefficient (Wildman–Crippen LogP) is 0.863. The number of nitrogens with one attached hydrogen (secondary N) is 2. The molecule has 1 saturated carbocycles. The lowest BCUT2D eigenvalue weighted by molar-refractivity contribution is -0.143. The number of hydrogen-bond acceptors (Lipinski definition) is 5. The van der Waals surface area contributed by atoms with Crippen LogP contribution in [-0.4, -0.2) is 39.8 Å². The van der Waals surface area contributed by atoms with Crippen LogP contribution in [0, 0.1) is 12.8 Å². The molecule has 0 radical (unpaired) electrons. The van der Waals surface area contributed by atoms with Crippen molar-refractivity contribution >= 4 is 12.0 Å². The van der Waals surface area contributed by atoms with E-state index in [1.807, 2.05) is 0 Å². The molecule has 1 aromatic rings. The number of nitrogens with zero attached hydrogens (tertiary/aromatic N) is 2. The van der Waals surface area contributed by atoms with Crippen LogP contribution in [0.4, 0.5) is 4.79 Å². The first-order valence-electron chi connectivity index (χ1n) is 7.12. The molecule has 1 heterocycles. The van der Waals surface area contributed by atoms with Gasteiger partial charge in [0.2, 0.25) is 5.89 Å². The third-order valence-corrected chi connectivity index (χ3v) is 3.59. The molecule has 116 valence electrons. The Bertz CT molecular complexity index is 502. The Labute approximate surface area is 122 Å². The largest absolute Gasteiger partial charge is 0.481 e. The van der Waals surface area contributed by atoms with E-state index in [0.717, 1.165) is 12.8 Å². The molecule has 0 spiro atoms. The van der Waals surface area contributed by atoms with Crippen LogP contribution >= 0.6 is 0 Å². The number of aryl methyl sites for hydroxylation is 1. The predicted molar refractivity (Wildman–Crippen MR) is 72.7 cm³/mol. The second kappa shape index (κ2) is 7.05. The van der Waals surface area contributed by atoms with E-state index in [1.54, 1.807) is 6.92 Å². The Morgan fingerprint density at radius 2 is 2.14 bits per heavy atom. The second-order valence-corrected chi connectivity index (χ2v) is 5.22. The molecule has 1 aliphatic carbocycles. The second-order valence-electron chi connectivity index (χ2n) is 5.22. The third-order valence-electron chi connectivity index (χ3n) is 3.59. The summed E-state index contributed by atoms with van der Waals surface area (Å²) in [7, 11) is 0. The van der Waals surface area contributed by atoms with Gasteiger partial charge in [-0.2, -0.15) is 4.98 Å². The number of amides is 2. The van der Waals surface area contributed by atoms with Crippen LogP contribution in [0.5, 0.6) is 0 Å². The Morgan fingerprint density at radius 3 is 2.81 bits per heavy atom. The van der Waals surface area contributed by atoms with Crippen molar-refractivity contribution in [1.29, 1.82) is 0 Å². The van der Waals surface area contributed by atoms with Crippen molar-refractivity contribution in [2.75, 3.05) is 6.54 Å². The van der Waals surface area contributed by atoms with Gasteiger partial charge in [0.05, 0.1) is 5.92 Å². The molecule has 0 bridgehead atoms. The van der Waals surface area contributed by atoms with Gasteiger partial charge in [0.15, 0.2) is 5.82 Å². The highest BCUT2D eigenvalue weighted by Crippen LogP contribution is 2.24. The Balaban J connectivity index is 1.74. The highest BCUT2D eigenvalue weighted by atomic mass is 16.5. The maximum atomic E-state index is 11.8. The lowest BCUT2D eigenvalue weighted by Gasteiger charge is -2.29. The van der Waals surface area contributed by atoms with Gasteiger partial charge in [-0.3, -0.25) is 4.79 Å². The first-order chi connectivity index (χ1) is 10.1. The number of rotatable bonds is 5. The summed E-state index contributed by atoms with van der Waals surface area (Å²) >= 11 is 0. The van der Waals surface area contributed by atoms with Crippen LogP contribution in [0.1, 0.15) is 37.4 Å². The molecule has 0 aromatic carbocycles. The normalized spacial score (nSPS) is 21.8. The minimum atomic E-state index is -0.846. The van der Waals surface area contributed by atoms with E-state index in [4.69, 9.17) is 9.63 Å². The zero-order valence-electron chi connectivity index (χ0n) is 12.0. The molecule has 0 saturated heterocycles. The molecule has 2 amide bonds. The van der Waals surface area contributed by atoms with Gasteiger partial charge in [-0.1, -0.05) is 18.0 Å². The maximum absolute atomic E-state index is 11.8. The summed E-state index contributed by atoms with van der Waals surface area (Å²) in [6.07, 6.45) is 3.60. The van der Waals surface area contributed by atoms with Crippen molar-refractivity contribution in [3.8, 4) is 0 Å². The topological polar surface area (TPSA) is 117 Å². The summed E-state index contributed by atoms with van der Waals surface area (Å²) in [5.41, 5.74) is 0. The van der Waals surface area contributed by atoms with E-state index in [0.29, 0.717) is 37.5 Å². The third kappa shape index (κ3) is 4.44. The van der Waals surface area contributed by atoms with Crippen molar-refractivity contribution in [1.82, 2.24) is 20.8 Å². The SMILES string of the molecule is Cc1noc(CCNC(=O)NC2CCCCC2C(=O)O)n1. The van der Waals surface area contributed by atoms with Crippen LogP contribution in [-0.2, 0) is 11.2 Å². The molecule has 3 N–H and O–H groups in total. The minimum absolute atomic E-state index is 0.304. The average Bonchev–Trinajstić information content (AvgIpc) is 2.85. The van der Waals surface area contributed by atoms with E-state index >= 15 is 0 Å². The zero-order chi connectivity index (χ0) is 15.2. The Hall–Kier alpha value is -2.12. The van der Waals surface area contributed by atoms with Crippen molar-refractivity contribution in [2.45, 2.75) is 45.1 Å². The summed E-state index contributed by atoms with van der Waals surface area (Å²) in [5.74, 6) is -0.320. The zero-order valence-corrected chi connectivity index (χ0v) is 12.0. The fraction of sp³-hybridized carbons (Fsp3) is 0.692. The van der Waals surface area contributed by atoms with Gasteiger partial charge in [-0.05, 0) is 19.8 Å². The van der Waals surface area contributed by atoms with E-state index < -0.39 is 11.9 Å². The van der Waals surface area contributed by atoms with Crippen molar-refractivity contribution in [3.63, 3.8) is 0 Å². The molecular formula is C13H20N4O4. The van der Waals surface area contributed by atoms with Gasteiger partial charge < -0.3 is 20.3 Å². The van der Waals surface area contributed by atoms with Gasteiger partial charge in [-0.25, -0.2) is 4.79 Å². The number of urea groups is 1. The number of carboxylic acids is 1. The van der Waals surface area contributed by atoms with E-state index in [1.165, 1.54) is 0 Å². The molecule has 1 aromatic heterocycles. The van der Waals surface area contributed by atoms with Crippen LogP contribution < -0.4 is 10.6 Å².